The SMILES string of the molecule is CC[C@@H](Cc1ccccc1)OC(=O)NN. The van der Waals surface area contributed by atoms with Gasteiger partial charge in [0.15, 0.2) is 0 Å². The predicted octanol–water partition coefficient (Wildman–Crippen LogP) is 1.61. The minimum atomic E-state index is -0.585. The standard InChI is InChI=1S/C11H16N2O2/c1-2-10(15-11(14)13-12)8-9-6-4-3-5-7-9/h3-7,10H,2,8,12H2,1H3,(H,13,14)/t10-/m0/s1. The van der Waals surface area contributed by atoms with E-state index < -0.39 is 6.09 Å². The van der Waals surface area contributed by atoms with Gasteiger partial charge in [0.1, 0.15) is 6.10 Å². The van der Waals surface area contributed by atoms with Gasteiger partial charge in [-0.25, -0.2) is 10.6 Å². The fourth-order valence-corrected chi connectivity index (χ4v) is 1.33. The maximum absolute atomic E-state index is 10.9. The molecule has 4 heteroatoms. The number of benzene rings is 1. The number of amides is 1. The Balaban J connectivity index is 2.50. The van der Waals surface area contributed by atoms with Crippen molar-refractivity contribution >= 4 is 6.09 Å². The summed E-state index contributed by atoms with van der Waals surface area (Å²) in [6.45, 7) is 1.97. The number of hydrogen-bond donors (Lipinski definition) is 2. The minimum absolute atomic E-state index is 0.129. The summed E-state index contributed by atoms with van der Waals surface area (Å²) in [6.07, 6.45) is 0.765. The molecule has 4 nitrogen and oxygen atoms in total. The zero-order chi connectivity index (χ0) is 11.1. The van der Waals surface area contributed by atoms with Crippen LogP contribution in [-0.2, 0) is 11.2 Å². The van der Waals surface area contributed by atoms with Gasteiger partial charge in [-0.15, -0.1) is 0 Å². The van der Waals surface area contributed by atoms with Gasteiger partial charge >= 0.3 is 6.09 Å². The molecule has 1 rings (SSSR count). The second-order valence-corrected chi connectivity index (χ2v) is 3.27. The molecule has 82 valence electrons. The molecule has 0 fully saturated rings. The molecule has 1 aromatic carbocycles. The van der Waals surface area contributed by atoms with Gasteiger partial charge in [-0.2, -0.15) is 0 Å². The van der Waals surface area contributed by atoms with E-state index in [9.17, 15) is 4.79 Å². The molecule has 0 heterocycles. The summed E-state index contributed by atoms with van der Waals surface area (Å²) in [5.41, 5.74) is 3.10. The number of ether oxygens (including phenoxy) is 1. The highest BCUT2D eigenvalue weighted by atomic mass is 16.6. The van der Waals surface area contributed by atoms with E-state index in [2.05, 4.69) is 0 Å². The van der Waals surface area contributed by atoms with Crippen LogP contribution in [0.25, 0.3) is 0 Å². The summed E-state index contributed by atoms with van der Waals surface area (Å²) in [4.78, 5) is 10.9. The van der Waals surface area contributed by atoms with Gasteiger partial charge in [0.2, 0.25) is 0 Å². The summed E-state index contributed by atoms with van der Waals surface area (Å²) in [5.74, 6) is 4.94. The van der Waals surface area contributed by atoms with Crippen LogP contribution in [-0.4, -0.2) is 12.2 Å². The molecule has 0 unspecified atom stereocenters. The van der Waals surface area contributed by atoms with Gasteiger partial charge in [-0.3, -0.25) is 5.43 Å². The Labute approximate surface area is 89.4 Å². The maximum Gasteiger partial charge on any atom is 0.421 e. The fraction of sp³-hybridized carbons (Fsp3) is 0.364. The van der Waals surface area contributed by atoms with E-state index in [0.29, 0.717) is 6.42 Å². The molecule has 0 aliphatic carbocycles. The van der Waals surface area contributed by atoms with Crippen molar-refractivity contribution in [3.63, 3.8) is 0 Å². The normalized spacial score (nSPS) is 11.9. The van der Waals surface area contributed by atoms with Crippen LogP contribution >= 0.6 is 0 Å². The number of rotatable bonds is 4. The van der Waals surface area contributed by atoms with E-state index >= 15 is 0 Å². The van der Waals surface area contributed by atoms with Crippen LogP contribution in [0.15, 0.2) is 30.3 Å². The van der Waals surface area contributed by atoms with Gasteiger partial charge in [0, 0.05) is 6.42 Å². The average molecular weight is 208 g/mol. The van der Waals surface area contributed by atoms with Gasteiger partial charge in [0.25, 0.3) is 0 Å². The first kappa shape index (κ1) is 11.5. The molecule has 1 atom stereocenters. The van der Waals surface area contributed by atoms with Crippen molar-refractivity contribution in [2.24, 2.45) is 5.84 Å². The van der Waals surface area contributed by atoms with Crippen LogP contribution in [0.2, 0.25) is 0 Å². The molecule has 0 bridgehead atoms. The Morgan fingerprint density at radius 2 is 2.13 bits per heavy atom. The quantitative estimate of drug-likeness (QED) is 0.449. The monoisotopic (exact) mass is 208 g/mol. The molecule has 0 aromatic heterocycles. The van der Waals surface area contributed by atoms with Crippen LogP contribution in [0.3, 0.4) is 0 Å². The van der Waals surface area contributed by atoms with Crippen LogP contribution in [0.4, 0.5) is 4.79 Å². The van der Waals surface area contributed by atoms with Gasteiger partial charge in [-0.1, -0.05) is 37.3 Å². The Kier molecular flexibility index (Phi) is 4.63. The molecule has 3 N–H and O–H groups in total. The predicted molar refractivity (Wildman–Crippen MR) is 58.0 cm³/mol. The molecule has 0 saturated carbocycles. The molecule has 1 amide bonds. The first-order valence-electron chi connectivity index (χ1n) is 4.97. The maximum atomic E-state index is 10.9. The first-order valence-corrected chi connectivity index (χ1v) is 4.97. The first-order chi connectivity index (χ1) is 7.26. The Bertz CT molecular complexity index is 301. The fourth-order valence-electron chi connectivity index (χ4n) is 1.33. The third-order valence-electron chi connectivity index (χ3n) is 2.15. The molecule has 0 aliphatic heterocycles. The zero-order valence-electron chi connectivity index (χ0n) is 8.77. The van der Waals surface area contributed by atoms with Gasteiger partial charge in [0.05, 0.1) is 0 Å². The van der Waals surface area contributed by atoms with E-state index in [1.165, 1.54) is 0 Å². The van der Waals surface area contributed by atoms with Crippen LogP contribution < -0.4 is 11.3 Å². The number of carbonyl (C=O) groups is 1. The summed E-state index contributed by atoms with van der Waals surface area (Å²) in [7, 11) is 0. The molecule has 0 radical (unpaired) electrons. The van der Waals surface area contributed by atoms with Crippen molar-refractivity contribution in [1.82, 2.24) is 5.43 Å². The molecule has 1 aromatic rings. The highest BCUT2D eigenvalue weighted by Crippen LogP contribution is 2.08. The number of carbonyl (C=O) groups excluding carboxylic acids is 1. The second-order valence-electron chi connectivity index (χ2n) is 3.27. The molecule has 0 spiro atoms. The lowest BCUT2D eigenvalue weighted by atomic mass is 10.1. The Morgan fingerprint density at radius 3 is 2.67 bits per heavy atom. The van der Waals surface area contributed by atoms with Gasteiger partial charge < -0.3 is 4.74 Å². The summed E-state index contributed by atoms with van der Waals surface area (Å²) in [6, 6.07) is 9.90. The topological polar surface area (TPSA) is 64.3 Å². The Morgan fingerprint density at radius 1 is 1.47 bits per heavy atom. The summed E-state index contributed by atoms with van der Waals surface area (Å²) in [5, 5.41) is 0. The van der Waals surface area contributed by atoms with Crippen molar-refractivity contribution in [2.75, 3.05) is 0 Å². The molecule has 15 heavy (non-hydrogen) atoms. The van der Waals surface area contributed by atoms with Crippen molar-refractivity contribution in [1.29, 1.82) is 0 Å². The zero-order valence-corrected chi connectivity index (χ0v) is 8.77. The second kappa shape index (κ2) is 6.03. The number of nitrogens with two attached hydrogens (primary N) is 1. The van der Waals surface area contributed by atoms with E-state index in [0.717, 1.165) is 12.0 Å². The number of hydrogen-bond acceptors (Lipinski definition) is 3. The number of hydrazine groups is 1. The van der Waals surface area contributed by atoms with Gasteiger partial charge in [-0.05, 0) is 12.0 Å². The highest BCUT2D eigenvalue weighted by Gasteiger charge is 2.11. The summed E-state index contributed by atoms with van der Waals surface area (Å²) >= 11 is 0. The lowest BCUT2D eigenvalue weighted by Crippen LogP contribution is -2.34. The summed E-state index contributed by atoms with van der Waals surface area (Å²) < 4.78 is 5.08. The van der Waals surface area contributed by atoms with E-state index in [1.54, 1.807) is 0 Å². The molecule has 0 aliphatic rings. The third kappa shape index (κ3) is 3.99. The van der Waals surface area contributed by atoms with Crippen LogP contribution in [0.5, 0.6) is 0 Å². The van der Waals surface area contributed by atoms with Crippen molar-refractivity contribution in [2.45, 2.75) is 25.9 Å². The van der Waals surface area contributed by atoms with Crippen molar-refractivity contribution in [3.05, 3.63) is 35.9 Å². The lowest BCUT2D eigenvalue weighted by molar-refractivity contribution is 0.0953. The highest BCUT2D eigenvalue weighted by molar-refractivity contribution is 5.66. The van der Waals surface area contributed by atoms with Crippen LogP contribution in [0.1, 0.15) is 18.9 Å². The number of nitrogens with one attached hydrogen (secondary N) is 1. The minimum Gasteiger partial charge on any atom is -0.445 e. The smallest absolute Gasteiger partial charge is 0.421 e. The lowest BCUT2D eigenvalue weighted by Gasteiger charge is -2.15. The average Bonchev–Trinajstić information content (AvgIpc) is 2.29. The van der Waals surface area contributed by atoms with E-state index in [-0.39, 0.29) is 6.10 Å². The molecular formula is C11H16N2O2. The van der Waals surface area contributed by atoms with E-state index in [4.69, 9.17) is 10.6 Å². The van der Waals surface area contributed by atoms with Crippen LogP contribution in [0, 0.1) is 0 Å². The molecule has 0 saturated heterocycles. The largest absolute Gasteiger partial charge is 0.445 e. The Hall–Kier alpha value is -1.55. The van der Waals surface area contributed by atoms with Crippen molar-refractivity contribution < 1.29 is 9.53 Å². The van der Waals surface area contributed by atoms with E-state index in [1.807, 2.05) is 42.7 Å². The third-order valence-corrected chi connectivity index (χ3v) is 2.15. The van der Waals surface area contributed by atoms with Crippen molar-refractivity contribution in [3.8, 4) is 0 Å². The molecular weight excluding hydrogens is 192 g/mol.